The molecule has 0 radical (unpaired) electrons. The Morgan fingerprint density at radius 3 is 2.62 bits per heavy atom. The van der Waals surface area contributed by atoms with Gasteiger partial charge in [-0.1, -0.05) is 60.7 Å². The van der Waals surface area contributed by atoms with E-state index < -0.39 is 0 Å². The van der Waals surface area contributed by atoms with Gasteiger partial charge in [0.2, 0.25) is 0 Å². The number of thiophene rings is 1. The van der Waals surface area contributed by atoms with Gasteiger partial charge in [-0.15, -0.1) is 11.3 Å². The molecule has 0 aliphatic heterocycles. The summed E-state index contributed by atoms with van der Waals surface area (Å²) < 4.78 is 1.74. The molecule has 2 aromatic heterocycles. The molecule has 1 aliphatic rings. The summed E-state index contributed by atoms with van der Waals surface area (Å²) >= 11 is 1.66. The van der Waals surface area contributed by atoms with Gasteiger partial charge in [-0.05, 0) is 65.3 Å². The van der Waals surface area contributed by atoms with Crippen LogP contribution in [0, 0.1) is 11.3 Å². The van der Waals surface area contributed by atoms with Crippen molar-refractivity contribution in [3.05, 3.63) is 123 Å². The maximum Gasteiger partial charge on any atom is 0.262 e. The van der Waals surface area contributed by atoms with Gasteiger partial charge in [0, 0.05) is 17.5 Å². The first kappa shape index (κ1) is 23.4. The van der Waals surface area contributed by atoms with E-state index in [-0.39, 0.29) is 5.56 Å². The van der Waals surface area contributed by atoms with Crippen molar-refractivity contribution in [1.29, 1.82) is 5.26 Å². The molecule has 3 aromatic carbocycles. The molecule has 1 atom stereocenters. The average molecular weight is 503 g/mol. The SMILES string of the molecule is N#Cc1ccc(CNC2CCc3c(sc4ncn(Cc5cccc(-c6ccccc6)c5)c(=O)c34)C2)cc1. The second kappa shape index (κ2) is 10.1. The van der Waals surface area contributed by atoms with E-state index in [4.69, 9.17) is 10.2 Å². The van der Waals surface area contributed by atoms with E-state index in [0.717, 1.165) is 47.2 Å². The third-order valence-electron chi connectivity index (χ3n) is 7.10. The Labute approximate surface area is 219 Å². The van der Waals surface area contributed by atoms with Gasteiger partial charge in [0.25, 0.3) is 5.56 Å². The normalized spacial score (nSPS) is 14.8. The first-order valence-electron chi connectivity index (χ1n) is 12.5. The molecule has 1 aliphatic carbocycles. The van der Waals surface area contributed by atoms with E-state index in [0.29, 0.717) is 18.2 Å². The molecule has 5 aromatic rings. The van der Waals surface area contributed by atoms with Gasteiger partial charge in [-0.3, -0.25) is 9.36 Å². The molecule has 6 rings (SSSR count). The van der Waals surface area contributed by atoms with E-state index in [9.17, 15) is 4.79 Å². The predicted molar refractivity (Wildman–Crippen MR) is 149 cm³/mol. The van der Waals surface area contributed by atoms with Gasteiger partial charge in [-0.25, -0.2) is 4.98 Å². The molecular weight excluding hydrogens is 476 g/mol. The van der Waals surface area contributed by atoms with Crippen molar-refractivity contribution in [2.24, 2.45) is 0 Å². The predicted octanol–water partition coefficient (Wildman–Crippen LogP) is 5.69. The molecule has 0 bridgehead atoms. The molecule has 1 N–H and O–H groups in total. The minimum atomic E-state index is 0.0524. The first-order valence-corrected chi connectivity index (χ1v) is 13.4. The van der Waals surface area contributed by atoms with Crippen LogP contribution in [0.2, 0.25) is 0 Å². The topological polar surface area (TPSA) is 70.7 Å². The van der Waals surface area contributed by atoms with Crippen LogP contribution >= 0.6 is 11.3 Å². The number of fused-ring (bicyclic) bond motifs is 3. The van der Waals surface area contributed by atoms with Crippen LogP contribution in [0.25, 0.3) is 21.3 Å². The number of benzene rings is 3. The summed E-state index contributed by atoms with van der Waals surface area (Å²) in [4.78, 5) is 20.4. The highest BCUT2D eigenvalue weighted by Crippen LogP contribution is 2.34. The van der Waals surface area contributed by atoms with Crippen LogP contribution in [0.15, 0.2) is 90.0 Å². The lowest BCUT2D eigenvalue weighted by atomic mass is 9.93. The van der Waals surface area contributed by atoms with Gasteiger partial charge < -0.3 is 5.32 Å². The number of aryl methyl sites for hydroxylation is 1. The zero-order chi connectivity index (χ0) is 25.2. The van der Waals surface area contributed by atoms with E-state index in [1.54, 1.807) is 22.2 Å². The minimum Gasteiger partial charge on any atom is -0.310 e. The van der Waals surface area contributed by atoms with Gasteiger partial charge >= 0.3 is 0 Å². The fourth-order valence-corrected chi connectivity index (χ4v) is 6.38. The summed E-state index contributed by atoms with van der Waals surface area (Å²) in [6.45, 7) is 1.27. The Kier molecular flexibility index (Phi) is 6.40. The molecule has 0 fully saturated rings. The van der Waals surface area contributed by atoms with E-state index in [2.05, 4.69) is 41.7 Å². The Balaban J connectivity index is 1.20. The van der Waals surface area contributed by atoms with Crippen molar-refractivity contribution < 1.29 is 0 Å². The molecule has 0 spiro atoms. The third kappa shape index (κ3) is 4.84. The van der Waals surface area contributed by atoms with Gasteiger partial charge in [-0.2, -0.15) is 5.26 Å². The van der Waals surface area contributed by atoms with Gasteiger partial charge in [0.05, 0.1) is 29.9 Å². The number of rotatable bonds is 6. The molecule has 2 heterocycles. The van der Waals surface area contributed by atoms with Crippen molar-refractivity contribution in [3.63, 3.8) is 0 Å². The quantitative estimate of drug-likeness (QED) is 0.324. The van der Waals surface area contributed by atoms with Crippen LogP contribution in [0.3, 0.4) is 0 Å². The van der Waals surface area contributed by atoms with Crippen LogP contribution < -0.4 is 10.9 Å². The highest BCUT2D eigenvalue weighted by Gasteiger charge is 2.25. The van der Waals surface area contributed by atoms with Crippen molar-refractivity contribution in [1.82, 2.24) is 14.9 Å². The fourth-order valence-electron chi connectivity index (χ4n) is 5.12. The average Bonchev–Trinajstić information content (AvgIpc) is 3.33. The standard InChI is InChI=1S/C31H26N4OS/c32-17-21-9-11-22(12-10-21)18-33-26-13-14-27-28(16-26)37-30-29(27)31(36)35(20-34-30)19-23-5-4-8-25(15-23)24-6-2-1-3-7-24/h1-12,15,20,26,33H,13-14,16,18-19H2. The number of hydrogen-bond donors (Lipinski definition) is 1. The summed E-state index contributed by atoms with van der Waals surface area (Å²) in [5.74, 6) is 0. The molecule has 0 amide bonds. The highest BCUT2D eigenvalue weighted by atomic mass is 32.1. The van der Waals surface area contributed by atoms with E-state index in [1.807, 2.05) is 48.5 Å². The second-order valence-corrected chi connectivity index (χ2v) is 10.6. The smallest absolute Gasteiger partial charge is 0.262 e. The minimum absolute atomic E-state index is 0.0524. The number of nitrogens with one attached hydrogen (secondary N) is 1. The molecule has 1 unspecified atom stereocenters. The fraction of sp³-hybridized carbons (Fsp3) is 0.194. The van der Waals surface area contributed by atoms with Crippen LogP contribution in [0.1, 0.15) is 33.6 Å². The third-order valence-corrected chi connectivity index (χ3v) is 8.26. The second-order valence-electron chi connectivity index (χ2n) is 9.56. The summed E-state index contributed by atoms with van der Waals surface area (Å²) in [5.41, 5.74) is 6.48. The summed E-state index contributed by atoms with van der Waals surface area (Å²) in [6, 6.07) is 28.9. The van der Waals surface area contributed by atoms with Crippen molar-refractivity contribution in [2.75, 3.05) is 0 Å². The lowest BCUT2D eigenvalue weighted by Crippen LogP contribution is -2.33. The highest BCUT2D eigenvalue weighted by molar-refractivity contribution is 7.18. The molecule has 6 heteroatoms. The Morgan fingerprint density at radius 2 is 1.81 bits per heavy atom. The zero-order valence-electron chi connectivity index (χ0n) is 20.4. The number of nitriles is 1. The van der Waals surface area contributed by atoms with Crippen molar-refractivity contribution in [3.8, 4) is 17.2 Å². The maximum atomic E-state index is 13.6. The van der Waals surface area contributed by atoms with Crippen molar-refractivity contribution >= 4 is 21.6 Å². The largest absolute Gasteiger partial charge is 0.310 e. The number of nitrogens with zero attached hydrogens (tertiary/aromatic N) is 3. The molecule has 182 valence electrons. The molecular formula is C31H26N4OS. The van der Waals surface area contributed by atoms with Crippen LogP contribution in [-0.2, 0) is 25.9 Å². The number of aromatic nitrogens is 2. The number of hydrogen-bond acceptors (Lipinski definition) is 5. The lowest BCUT2D eigenvalue weighted by molar-refractivity contribution is 0.462. The van der Waals surface area contributed by atoms with Gasteiger partial charge in [0.1, 0.15) is 4.83 Å². The zero-order valence-corrected chi connectivity index (χ0v) is 21.2. The van der Waals surface area contributed by atoms with Crippen LogP contribution in [0.5, 0.6) is 0 Å². The summed E-state index contributed by atoms with van der Waals surface area (Å²) in [5, 5.41) is 13.4. The van der Waals surface area contributed by atoms with Crippen LogP contribution in [0.4, 0.5) is 0 Å². The summed E-state index contributed by atoms with van der Waals surface area (Å²) in [7, 11) is 0. The Morgan fingerprint density at radius 1 is 1.00 bits per heavy atom. The van der Waals surface area contributed by atoms with E-state index in [1.165, 1.54) is 21.6 Å². The monoisotopic (exact) mass is 502 g/mol. The van der Waals surface area contributed by atoms with Gasteiger partial charge in [0.15, 0.2) is 0 Å². The maximum absolute atomic E-state index is 13.6. The molecule has 37 heavy (non-hydrogen) atoms. The Bertz CT molecular complexity index is 1660. The van der Waals surface area contributed by atoms with Crippen LogP contribution in [-0.4, -0.2) is 15.6 Å². The lowest BCUT2D eigenvalue weighted by Gasteiger charge is -2.23. The molecule has 5 nitrogen and oxygen atoms in total. The molecule has 0 saturated carbocycles. The van der Waals surface area contributed by atoms with E-state index >= 15 is 0 Å². The first-order chi connectivity index (χ1) is 18.2. The van der Waals surface area contributed by atoms with Crippen molar-refractivity contribution in [2.45, 2.75) is 38.4 Å². The molecule has 0 saturated heterocycles. The summed E-state index contributed by atoms with van der Waals surface area (Å²) in [6.07, 6.45) is 4.47. The Hall–Kier alpha value is -4.05.